The lowest BCUT2D eigenvalue weighted by Crippen LogP contribution is -2.11. The molecule has 0 heterocycles. The van der Waals surface area contributed by atoms with Gasteiger partial charge in [0.25, 0.3) is 0 Å². The van der Waals surface area contributed by atoms with Crippen molar-refractivity contribution in [3.05, 3.63) is 35.9 Å². The SMILES string of the molecule is CCCCCCOC(OCCCCCC)c1ccccc1. The number of hydrogen-bond donors (Lipinski definition) is 0. The molecule has 0 saturated heterocycles. The van der Waals surface area contributed by atoms with Gasteiger partial charge in [-0.1, -0.05) is 82.7 Å². The van der Waals surface area contributed by atoms with E-state index in [1.807, 2.05) is 18.2 Å². The van der Waals surface area contributed by atoms with Crippen molar-refractivity contribution in [1.29, 1.82) is 0 Å². The van der Waals surface area contributed by atoms with Gasteiger partial charge in [-0.15, -0.1) is 0 Å². The second-order valence-electron chi connectivity index (χ2n) is 5.61. The van der Waals surface area contributed by atoms with Crippen molar-refractivity contribution in [2.75, 3.05) is 13.2 Å². The van der Waals surface area contributed by atoms with E-state index in [2.05, 4.69) is 26.0 Å². The number of benzene rings is 1. The molecule has 0 bridgehead atoms. The average Bonchev–Trinajstić information content (AvgIpc) is 2.53. The van der Waals surface area contributed by atoms with E-state index in [1.54, 1.807) is 0 Å². The molecule has 0 aromatic heterocycles. The van der Waals surface area contributed by atoms with Gasteiger partial charge in [-0.05, 0) is 12.8 Å². The summed E-state index contributed by atoms with van der Waals surface area (Å²) in [6, 6.07) is 10.3. The Kier molecular flexibility index (Phi) is 11.1. The van der Waals surface area contributed by atoms with E-state index in [1.165, 1.54) is 38.5 Å². The molecule has 0 fully saturated rings. The number of rotatable bonds is 13. The van der Waals surface area contributed by atoms with Crippen LogP contribution in [0.3, 0.4) is 0 Å². The lowest BCUT2D eigenvalue weighted by atomic mass is 10.2. The predicted octanol–water partition coefficient (Wildman–Crippen LogP) is 5.88. The van der Waals surface area contributed by atoms with Crippen molar-refractivity contribution in [1.82, 2.24) is 0 Å². The van der Waals surface area contributed by atoms with Crippen LogP contribution in [0.4, 0.5) is 0 Å². The third-order valence-corrected chi connectivity index (χ3v) is 3.61. The number of hydrogen-bond acceptors (Lipinski definition) is 2. The average molecular weight is 292 g/mol. The molecule has 0 spiro atoms. The van der Waals surface area contributed by atoms with Crippen molar-refractivity contribution in [2.24, 2.45) is 0 Å². The summed E-state index contributed by atoms with van der Waals surface area (Å²) >= 11 is 0. The molecule has 2 nitrogen and oxygen atoms in total. The highest BCUT2D eigenvalue weighted by atomic mass is 16.7. The van der Waals surface area contributed by atoms with E-state index in [0.717, 1.165) is 31.6 Å². The fraction of sp³-hybridized carbons (Fsp3) is 0.684. The fourth-order valence-corrected chi connectivity index (χ4v) is 2.29. The van der Waals surface area contributed by atoms with Gasteiger partial charge in [-0.2, -0.15) is 0 Å². The molecule has 0 aliphatic carbocycles. The summed E-state index contributed by atoms with van der Waals surface area (Å²) in [4.78, 5) is 0. The standard InChI is InChI=1S/C19H32O2/c1-3-5-7-12-16-20-19(18-14-10-9-11-15-18)21-17-13-8-6-4-2/h9-11,14-15,19H,3-8,12-13,16-17H2,1-2H3. The van der Waals surface area contributed by atoms with Crippen LogP contribution in [0.1, 0.15) is 77.1 Å². The summed E-state index contributed by atoms with van der Waals surface area (Å²) in [5.41, 5.74) is 1.13. The molecule has 21 heavy (non-hydrogen) atoms. The first kappa shape index (κ1) is 18.2. The monoisotopic (exact) mass is 292 g/mol. The molecule has 0 aliphatic heterocycles. The second kappa shape index (κ2) is 12.8. The summed E-state index contributed by atoms with van der Waals surface area (Å²) in [6.45, 7) is 6.03. The highest BCUT2D eigenvalue weighted by Crippen LogP contribution is 2.20. The molecule has 0 saturated carbocycles. The first-order chi connectivity index (χ1) is 10.4. The van der Waals surface area contributed by atoms with Crippen molar-refractivity contribution in [2.45, 2.75) is 71.5 Å². The van der Waals surface area contributed by atoms with E-state index in [-0.39, 0.29) is 6.29 Å². The van der Waals surface area contributed by atoms with Crippen LogP contribution >= 0.6 is 0 Å². The molecule has 0 aliphatic rings. The predicted molar refractivity (Wildman–Crippen MR) is 89.4 cm³/mol. The van der Waals surface area contributed by atoms with E-state index in [9.17, 15) is 0 Å². The first-order valence-corrected chi connectivity index (χ1v) is 8.66. The van der Waals surface area contributed by atoms with Crippen molar-refractivity contribution < 1.29 is 9.47 Å². The third-order valence-electron chi connectivity index (χ3n) is 3.61. The molecule has 0 amide bonds. The zero-order valence-electron chi connectivity index (χ0n) is 13.9. The Bertz CT molecular complexity index is 310. The highest BCUT2D eigenvalue weighted by molar-refractivity contribution is 5.15. The molecular weight excluding hydrogens is 260 g/mol. The quantitative estimate of drug-likeness (QED) is 0.334. The molecule has 0 unspecified atom stereocenters. The third kappa shape index (κ3) is 8.90. The van der Waals surface area contributed by atoms with Crippen LogP contribution in [0.2, 0.25) is 0 Å². The second-order valence-corrected chi connectivity index (χ2v) is 5.61. The Labute approximate surface area is 130 Å². The summed E-state index contributed by atoms with van der Waals surface area (Å²) < 4.78 is 11.9. The minimum atomic E-state index is -0.200. The van der Waals surface area contributed by atoms with Gasteiger partial charge in [-0.3, -0.25) is 0 Å². The van der Waals surface area contributed by atoms with Crippen LogP contribution in [0, 0.1) is 0 Å². The minimum Gasteiger partial charge on any atom is -0.348 e. The normalized spacial score (nSPS) is 11.2. The number of ether oxygens (including phenoxy) is 2. The molecule has 0 N–H and O–H groups in total. The van der Waals surface area contributed by atoms with Crippen molar-refractivity contribution in [3.8, 4) is 0 Å². The van der Waals surface area contributed by atoms with Gasteiger partial charge in [-0.25, -0.2) is 0 Å². The van der Waals surface area contributed by atoms with Gasteiger partial charge in [0.1, 0.15) is 0 Å². The largest absolute Gasteiger partial charge is 0.348 e. The zero-order valence-corrected chi connectivity index (χ0v) is 13.9. The summed E-state index contributed by atoms with van der Waals surface area (Å²) in [7, 11) is 0. The Morgan fingerprint density at radius 1 is 0.714 bits per heavy atom. The van der Waals surface area contributed by atoms with Crippen molar-refractivity contribution in [3.63, 3.8) is 0 Å². The Balaban J connectivity index is 2.32. The van der Waals surface area contributed by atoms with Crippen LogP contribution in [-0.4, -0.2) is 13.2 Å². The molecular formula is C19H32O2. The molecule has 1 aromatic rings. The maximum Gasteiger partial charge on any atom is 0.183 e. The zero-order chi connectivity index (χ0) is 15.2. The summed E-state index contributed by atoms with van der Waals surface area (Å²) in [5.74, 6) is 0. The van der Waals surface area contributed by atoms with E-state index in [4.69, 9.17) is 9.47 Å². The number of unbranched alkanes of at least 4 members (excludes halogenated alkanes) is 6. The highest BCUT2D eigenvalue weighted by Gasteiger charge is 2.11. The Hall–Kier alpha value is -0.860. The molecule has 1 rings (SSSR count). The van der Waals surface area contributed by atoms with E-state index >= 15 is 0 Å². The first-order valence-electron chi connectivity index (χ1n) is 8.66. The fourth-order valence-electron chi connectivity index (χ4n) is 2.29. The molecule has 1 aromatic carbocycles. The van der Waals surface area contributed by atoms with Gasteiger partial charge < -0.3 is 9.47 Å². The van der Waals surface area contributed by atoms with Crippen LogP contribution in [0.25, 0.3) is 0 Å². The maximum atomic E-state index is 5.96. The van der Waals surface area contributed by atoms with Crippen LogP contribution in [0.5, 0.6) is 0 Å². The summed E-state index contributed by atoms with van der Waals surface area (Å²) in [6.07, 6.45) is 9.63. The Morgan fingerprint density at radius 2 is 1.24 bits per heavy atom. The molecule has 0 radical (unpaired) electrons. The lowest BCUT2D eigenvalue weighted by molar-refractivity contribution is -0.148. The smallest absolute Gasteiger partial charge is 0.183 e. The van der Waals surface area contributed by atoms with Crippen LogP contribution < -0.4 is 0 Å². The van der Waals surface area contributed by atoms with Gasteiger partial charge in [0.05, 0.1) is 13.2 Å². The van der Waals surface area contributed by atoms with Crippen molar-refractivity contribution >= 4 is 0 Å². The summed E-state index contributed by atoms with van der Waals surface area (Å²) in [5, 5.41) is 0. The maximum absolute atomic E-state index is 5.96. The van der Waals surface area contributed by atoms with E-state index < -0.39 is 0 Å². The van der Waals surface area contributed by atoms with Crippen LogP contribution in [-0.2, 0) is 9.47 Å². The van der Waals surface area contributed by atoms with Gasteiger partial charge >= 0.3 is 0 Å². The van der Waals surface area contributed by atoms with Gasteiger partial charge in [0.15, 0.2) is 6.29 Å². The molecule has 120 valence electrons. The van der Waals surface area contributed by atoms with E-state index in [0.29, 0.717) is 0 Å². The van der Waals surface area contributed by atoms with Gasteiger partial charge in [0, 0.05) is 5.56 Å². The van der Waals surface area contributed by atoms with Gasteiger partial charge in [0.2, 0.25) is 0 Å². The lowest BCUT2D eigenvalue weighted by Gasteiger charge is -2.19. The van der Waals surface area contributed by atoms with Crippen LogP contribution in [0.15, 0.2) is 30.3 Å². The minimum absolute atomic E-state index is 0.200. The topological polar surface area (TPSA) is 18.5 Å². The molecule has 2 heteroatoms. The molecule has 0 atom stereocenters. The Morgan fingerprint density at radius 3 is 1.71 bits per heavy atom.